The maximum atomic E-state index is 9.85. The van der Waals surface area contributed by atoms with Gasteiger partial charge < -0.3 is 19.7 Å². The summed E-state index contributed by atoms with van der Waals surface area (Å²) in [6.45, 7) is 3.48. The molecule has 4 unspecified atom stereocenters. The Hall–Kier alpha value is 0.190. The summed E-state index contributed by atoms with van der Waals surface area (Å²) >= 11 is 1.79. The van der Waals surface area contributed by atoms with Crippen molar-refractivity contribution in [2.24, 2.45) is 0 Å². The summed E-state index contributed by atoms with van der Waals surface area (Å²) in [5.74, 6) is -0.155. The van der Waals surface area contributed by atoms with E-state index in [-0.39, 0.29) is 6.10 Å². The first kappa shape index (κ1) is 10.7. The van der Waals surface area contributed by atoms with Crippen molar-refractivity contribution in [2.75, 3.05) is 12.4 Å². The predicted octanol–water partition coefficient (Wildman–Crippen LogP) is -0.0249. The Morgan fingerprint density at radius 3 is 2.64 bits per heavy atom. The number of hydrogen-bond donors (Lipinski definition) is 2. The zero-order valence-corrected chi connectivity index (χ0v) is 9.16. The molecule has 2 saturated heterocycles. The van der Waals surface area contributed by atoms with Gasteiger partial charge in [0.2, 0.25) is 0 Å². The molecule has 0 radical (unpaired) electrons. The summed E-state index contributed by atoms with van der Waals surface area (Å²) in [5.41, 5.74) is 0. The van der Waals surface area contributed by atoms with E-state index >= 15 is 0 Å². The van der Waals surface area contributed by atoms with Gasteiger partial charge >= 0.3 is 0 Å². The van der Waals surface area contributed by atoms with Crippen molar-refractivity contribution in [3.05, 3.63) is 0 Å². The molecule has 2 fully saturated rings. The van der Waals surface area contributed by atoms with Crippen LogP contribution in [-0.4, -0.2) is 51.9 Å². The van der Waals surface area contributed by atoms with Crippen LogP contribution < -0.4 is 0 Å². The van der Waals surface area contributed by atoms with Crippen LogP contribution in [0.25, 0.3) is 0 Å². The van der Waals surface area contributed by atoms with E-state index in [1.54, 1.807) is 25.6 Å². The van der Waals surface area contributed by atoms with Gasteiger partial charge in [-0.2, -0.15) is 11.8 Å². The summed E-state index contributed by atoms with van der Waals surface area (Å²) < 4.78 is 10.7. The van der Waals surface area contributed by atoms with E-state index in [2.05, 4.69) is 0 Å². The number of thioether (sulfide) groups is 1. The lowest BCUT2D eigenvalue weighted by Crippen LogP contribution is -2.40. The van der Waals surface area contributed by atoms with Crippen LogP contribution in [0.2, 0.25) is 0 Å². The average Bonchev–Trinajstić information content (AvgIpc) is 2.79. The number of rotatable bonds is 3. The van der Waals surface area contributed by atoms with Crippen LogP contribution in [0.3, 0.4) is 0 Å². The van der Waals surface area contributed by atoms with Gasteiger partial charge in [-0.3, -0.25) is 0 Å². The highest BCUT2D eigenvalue weighted by Gasteiger charge is 2.47. The van der Waals surface area contributed by atoms with Gasteiger partial charge in [0.1, 0.15) is 12.2 Å². The fourth-order valence-electron chi connectivity index (χ4n) is 1.66. The normalized spacial score (nSPS) is 42.9. The van der Waals surface area contributed by atoms with Crippen molar-refractivity contribution in [1.29, 1.82) is 0 Å². The first-order chi connectivity index (χ1) is 6.47. The van der Waals surface area contributed by atoms with E-state index in [1.807, 2.05) is 0 Å². The molecule has 0 bridgehead atoms. The Morgan fingerprint density at radius 1 is 1.50 bits per heavy atom. The van der Waals surface area contributed by atoms with Crippen molar-refractivity contribution in [1.82, 2.24) is 0 Å². The molecule has 4 atom stereocenters. The highest BCUT2D eigenvalue weighted by molar-refractivity contribution is 8.06. The topological polar surface area (TPSA) is 58.9 Å². The molecule has 0 aromatic rings. The molecule has 2 aliphatic heterocycles. The van der Waals surface area contributed by atoms with Gasteiger partial charge in [-0.1, -0.05) is 0 Å². The molecular weight excluding hydrogens is 204 g/mol. The molecule has 0 spiro atoms. The largest absolute Gasteiger partial charge is 0.388 e. The Kier molecular flexibility index (Phi) is 2.79. The van der Waals surface area contributed by atoms with Crippen LogP contribution in [0, 0.1) is 0 Å². The van der Waals surface area contributed by atoms with Crippen molar-refractivity contribution in [3.63, 3.8) is 0 Å². The summed E-state index contributed by atoms with van der Waals surface area (Å²) in [5, 5.41) is 19.7. The molecule has 0 aromatic heterocycles. The summed E-state index contributed by atoms with van der Waals surface area (Å²) in [6.07, 6.45) is -1.13. The third-order valence-electron chi connectivity index (χ3n) is 2.34. The standard InChI is InChI=1S/C9H16O4S/c1-9(2,11)13-5-3-12-8(7(5)10)6-4-14-6/h5-8,10-11H,3-4H2,1-2H3. The maximum absolute atomic E-state index is 9.85. The van der Waals surface area contributed by atoms with Crippen LogP contribution in [-0.2, 0) is 9.47 Å². The number of hydrogen-bond acceptors (Lipinski definition) is 5. The lowest BCUT2D eigenvalue weighted by Gasteiger charge is -2.25. The highest BCUT2D eigenvalue weighted by Crippen LogP contribution is 2.39. The first-order valence-corrected chi connectivity index (χ1v) is 5.84. The molecule has 2 aliphatic rings. The molecule has 2 rings (SSSR count). The van der Waals surface area contributed by atoms with Crippen LogP contribution >= 0.6 is 11.8 Å². The Labute approximate surface area is 87.6 Å². The summed E-state index contributed by atoms with van der Waals surface area (Å²) in [4.78, 5) is 0. The van der Waals surface area contributed by atoms with Gasteiger partial charge in [-0.25, -0.2) is 0 Å². The van der Waals surface area contributed by atoms with Gasteiger partial charge in [0.15, 0.2) is 5.79 Å². The van der Waals surface area contributed by atoms with Gasteiger partial charge in [0, 0.05) is 11.0 Å². The zero-order chi connectivity index (χ0) is 10.3. The van der Waals surface area contributed by atoms with E-state index in [0.29, 0.717) is 11.9 Å². The predicted molar refractivity (Wildman–Crippen MR) is 53.2 cm³/mol. The van der Waals surface area contributed by atoms with Crippen LogP contribution in [0.4, 0.5) is 0 Å². The minimum Gasteiger partial charge on any atom is -0.388 e. The van der Waals surface area contributed by atoms with E-state index < -0.39 is 18.0 Å². The van der Waals surface area contributed by atoms with Gasteiger partial charge in [0.25, 0.3) is 0 Å². The highest BCUT2D eigenvalue weighted by atomic mass is 32.2. The van der Waals surface area contributed by atoms with E-state index in [1.165, 1.54) is 0 Å². The van der Waals surface area contributed by atoms with Gasteiger partial charge in [0.05, 0.1) is 12.7 Å². The second-order valence-corrected chi connectivity index (χ2v) is 5.54. The minimum atomic E-state index is -1.21. The molecule has 4 nitrogen and oxygen atoms in total. The maximum Gasteiger partial charge on any atom is 0.160 e. The third-order valence-corrected chi connectivity index (χ3v) is 3.32. The molecular formula is C9H16O4S. The quantitative estimate of drug-likeness (QED) is 0.517. The van der Waals surface area contributed by atoms with Crippen molar-refractivity contribution >= 4 is 11.8 Å². The van der Waals surface area contributed by atoms with Crippen molar-refractivity contribution in [2.45, 2.75) is 43.2 Å². The van der Waals surface area contributed by atoms with Crippen LogP contribution in [0.15, 0.2) is 0 Å². The Morgan fingerprint density at radius 2 is 2.14 bits per heavy atom. The van der Waals surface area contributed by atoms with Crippen molar-refractivity contribution in [3.8, 4) is 0 Å². The van der Waals surface area contributed by atoms with Crippen LogP contribution in [0.1, 0.15) is 13.8 Å². The second kappa shape index (κ2) is 3.64. The van der Waals surface area contributed by atoms with Crippen LogP contribution in [0.5, 0.6) is 0 Å². The number of aliphatic hydroxyl groups is 2. The molecule has 14 heavy (non-hydrogen) atoms. The zero-order valence-electron chi connectivity index (χ0n) is 8.34. The molecule has 0 aromatic carbocycles. The summed E-state index contributed by atoms with van der Waals surface area (Å²) in [6, 6.07) is 0. The second-order valence-electron chi connectivity index (χ2n) is 4.26. The Balaban J connectivity index is 1.89. The molecule has 2 heterocycles. The average molecular weight is 220 g/mol. The van der Waals surface area contributed by atoms with Gasteiger partial charge in [-0.05, 0) is 13.8 Å². The van der Waals surface area contributed by atoms with Gasteiger partial charge in [-0.15, -0.1) is 0 Å². The molecule has 5 heteroatoms. The lowest BCUT2D eigenvalue weighted by atomic mass is 10.1. The first-order valence-electron chi connectivity index (χ1n) is 4.79. The fourth-order valence-corrected chi connectivity index (χ4v) is 2.39. The minimum absolute atomic E-state index is 0.118. The Bertz CT molecular complexity index is 211. The van der Waals surface area contributed by atoms with Crippen molar-refractivity contribution < 1.29 is 19.7 Å². The van der Waals surface area contributed by atoms with E-state index in [0.717, 1.165) is 5.75 Å². The van der Waals surface area contributed by atoms with E-state index in [4.69, 9.17) is 9.47 Å². The molecule has 0 aliphatic carbocycles. The molecule has 82 valence electrons. The monoisotopic (exact) mass is 220 g/mol. The SMILES string of the molecule is CC(C)(O)OC1COC(C2CS2)C1O. The molecule has 0 saturated carbocycles. The summed E-state index contributed by atoms with van der Waals surface area (Å²) in [7, 11) is 0. The van der Waals surface area contributed by atoms with E-state index in [9.17, 15) is 10.2 Å². The lowest BCUT2D eigenvalue weighted by molar-refractivity contribution is -0.217. The third kappa shape index (κ3) is 2.41. The smallest absolute Gasteiger partial charge is 0.160 e. The molecule has 2 N–H and O–H groups in total. The molecule has 0 amide bonds. The number of ether oxygens (including phenoxy) is 2. The fraction of sp³-hybridized carbons (Fsp3) is 1.00. The number of aliphatic hydroxyl groups excluding tert-OH is 1.